The molecule has 7 nitrogen and oxygen atoms in total. The van der Waals surface area contributed by atoms with Gasteiger partial charge in [0.2, 0.25) is 5.75 Å². The summed E-state index contributed by atoms with van der Waals surface area (Å²) in [4.78, 5) is 23.9. The molecule has 3 rings (SSSR count). The molecule has 7 heteroatoms. The van der Waals surface area contributed by atoms with Gasteiger partial charge < -0.3 is 25.3 Å². The van der Waals surface area contributed by atoms with Gasteiger partial charge in [0.25, 0.3) is 11.8 Å². The predicted molar refractivity (Wildman–Crippen MR) is 109 cm³/mol. The largest absolute Gasteiger partial charge is 0.493 e. The van der Waals surface area contributed by atoms with Crippen LogP contribution < -0.4 is 25.3 Å². The van der Waals surface area contributed by atoms with Crippen molar-refractivity contribution in [1.82, 2.24) is 5.32 Å². The maximum Gasteiger partial charge on any atom is 0.255 e. The molecule has 0 bridgehead atoms. The second-order valence-corrected chi connectivity index (χ2v) is 7.15. The molecule has 1 saturated carbocycles. The summed E-state index contributed by atoms with van der Waals surface area (Å²) in [6.07, 6.45) is 3.24. The zero-order chi connectivity index (χ0) is 20.9. The van der Waals surface area contributed by atoms with Crippen molar-refractivity contribution in [2.45, 2.75) is 24.7 Å². The zero-order valence-corrected chi connectivity index (χ0v) is 16.7. The Balaban J connectivity index is 1.77. The molecule has 29 heavy (non-hydrogen) atoms. The van der Waals surface area contributed by atoms with E-state index in [2.05, 4.69) is 17.4 Å². The Morgan fingerprint density at radius 3 is 2.17 bits per heavy atom. The number of nitrogens with two attached hydrogens (primary N) is 1. The number of primary amides is 1. The van der Waals surface area contributed by atoms with Gasteiger partial charge in [0.1, 0.15) is 0 Å². The van der Waals surface area contributed by atoms with Crippen molar-refractivity contribution in [3.05, 3.63) is 53.6 Å². The summed E-state index contributed by atoms with van der Waals surface area (Å²) < 4.78 is 16.0. The fraction of sp³-hybridized carbons (Fsp3) is 0.364. The summed E-state index contributed by atoms with van der Waals surface area (Å²) in [5.41, 5.74) is 6.75. The molecule has 2 aromatic carbocycles. The molecule has 2 amide bonds. The van der Waals surface area contributed by atoms with Gasteiger partial charge in [0, 0.05) is 17.5 Å². The van der Waals surface area contributed by atoms with Crippen molar-refractivity contribution < 1.29 is 23.8 Å². The van der Waals surface area contributed by atoms with E-state index >= 15 is 0 Å². The summed E-state index contributed by atoms with van der Waals surface area (Å²) in [5.74, 6) is -0.0488. The van der Waals surface area contributed by atoms with E-state index in [1.54, 1.807) is 12.1 Å². The highest BCUT2D eigenvalue weighted by atomic mass is 16.5. The maximum atomic E-state index is 12.8. The first-order valence-corrected chi connectivity index (χ1v) is 9.50. The van der Waals surface area contributed by atoms with Gasteiger partial charge in [0.05, 0.1) is 14.2 Å². The quantitative estimate of drug-likeness (QED) is 0.676. The third kappa shape index (κ3) is 4.45. The Morgan fingerprint density at radius 1 is 1.07 bits per heavy atom. The van der Waals surface area contributed by atoms with Crippen molar-refractivity contribution in [3.8, 4) is 17.2 Å². The molecular formula is C22H26N2O5. The molecule has 3 N–H and O–H groups in total. The number of benzene rings is 2. The van der Waals surface area contributed by atoms with Crippen LogP contribution in [0.5, 0.6) is 17.2 Å². The second kappa shape index (κ2) is 8.86. The molecule has 0 radical (unpaired) electrons. The number of amides is 2. The highest BCUT2D eigenvalue weighted by molar-refractivity contribution is 5.95. The van der Waals surface area contributed by atoms with Crippen LogP contribution in [-0.4, -0.2) is 39.2 Å². The van der Waals surface area contributed by atoms with E-state index < -0.39 is 5.91 Å². The number of carbonyl (C=O) groups is 2. The lowest BCUT2D eigenvalue weighted by Gasteiger charge is -2.42. The Hall–Kier alpha value is -3.22. The minimum absolute atomic E-state index is 0.0182. The lowest BCUT2D eigenvalue weighted by atomic mass is 9.64. The lowest BCUT2D eigenvalue weighted by Crippen LogP contribution is -2.45. The van der Waals surface area contributed by atoms with E-state index in [9.17, 15) is 9.59 Å². The molecule has 0 aromatic heterocycles. The van der Waals surface area contributed by atoms with Crippen molar-refractivity contribution in [3.63, 3.8) is 0 Å². The fourth-order valence-corrected chi connectivity index (χ4v) is 3.61. The van der Waals surface area contributed by atoms with E-state index in [0.29, 0.717) is 12.1 Å². The van der Waals surface area contributed by atoms with Crippen molar-refractivity contribution in [2.75, 3.05) is 27.4 Å². The Kier molecular flexibility index (Phi) is 6.26. The van der Waals surface area contributed by atoms with Gasteiger partial charge in [-0.05, 0) is 30.5 Å². The van der Waals surface area contributed by atoms with Gasteiger partial charge in [-0.15, -0.1) is 0 Å². The van der Waals surface area contributed by atoms with Crippen LogP contribution >= 0.6 is 0 Å². The van der Waals surface area contributed by atoms with Crippen LogP contribution in [0.4, 0.5) is 0 Å². The summed E-state index contributed by atoms with van der Waals surface area (Å²) >= 11 is 0. The lowest BCUT2D eigenvalue weighted by molar-refractivity contribution is -0.120. The zero-order valence-electron chi connectivity index (χ0n) is 16.7. The number of rotatable bonds is 9. The van der Waals surface area contributed by atoms with Crippen LogP contribution in [-0.2, 0) is 10.2 Å². The highest BCUT2D eigenvalue weighted by Crippen LogP contribution is 2.43. The van der Waals surface area contributed by atoms with Crippen molar-refractivity contribution in [2.24, 2.45) is 5.73 Å². The molecule has 0 atom stereocenters. The maximum absolute atomic E-state index is 12.8. The normalized spacial score (nSPS) is 14.4. The SMILES string of the molecule is COc1cc(C(=O)NCC2(c3ccccc3)CCC2)cc(OC)c1OCC(N)=O. The van der Waals surface area contributed by atoms with E-state index in [1.807, 2.05) is 18.2 Å². The average molecular weight is 398 g/mol. The van der Waals surface area contributed by atoms with Crippen LogP contribution in [0, 0.1) is 0 Å². The van der Waals surface area contributed by atoms with Crippen LogP contribution in [0.15, 0.2) is 42.5 Å². The van der Waals surface area contributed by atoms with E-state index in [4.69, 9.17) is 19.9 Å². The molecule has 0 aliphatic heterocycles. The van der Waals surface area contributed by atoms with Crippen molar-refractivity contribution >= 4 is 11.8 Å². The van der Waals surface area contributed by atoms with Gasteiger partial charge in [-0.3, -0.25) is 9.59 Å². The summed E-state index contributed by atoms with van der Waals surface area (Å²) in [5, 5.41) is 3.05. The Labute approximate surface area is 170 Å². The number of carbonyl (C=O) groups excluding carboxylic acids is 2. The Morgan fingerprint density at radius 2 is 1.69 bits per heavy atom. The summed E-state index contributed by atoms with van der Waals surface area (Å²) in [6, 6.07) is 13.4. The number of hydrogen-bond donors (Lipinski definition) is 2. The predicted octanol–water partition coefficient (Wildman–Crippen LogP) is 2.42. The Bertz CT molecular complexity index is 853. The number of methoxy groups -OCH3 is 2. The monoisotopic (exact) mass is 398 g/mol. The minimum atomic E-state index is -0.623. The minimum Gasteiger partial charge on any atom is -0.493 e. The van der Waals surface area contributed by atoms with Crippen LogP contribution in [0.25, 0.3) is 0 Å². The van der Waals surface area contributed by atoms with Crippen LogP contribution in [0.2, 0.25) is 0 Å². The number of nitrogens with one attached hydrogen (secondary N) is 1. The smallest absolute Gasteiger partial charge is 0.255 e. The van der Waals surface area contributed by atoms with E-state index in [1.165, 1.54) is 19.8 Å². The molecule has 0 unspecified atom stereocenters. The first kappa shape index (κ1) is 20.5. The molecule has 1 fully saturated rings. The van der Waals surface area contributed by atoms with Gasteiger partial charge in [-0.2, -0.15) is 0 Å². The van der Waals surface area contributed by atoms with E-state index in [-0.39, 0.29) is 35.2 Å². The number of hydrogen-bond acceptors (Lipinski definition) is 5. The van der Waals surface area contributed by atoms with Crippen molar-refractivity contribution in [1.29, 1.82) is 0 Å². The molecule has 2 aromatic rings. The average Bonchev–Trinajstić information content (AvgIpc) is 2.71. The molecule has 154 valence electrons. The molecule has 1 aliphatic rings. The summed E-state index contributed by atoms with van der Waals surface area (Å²) in [6.45, 7) is 0.234. The third-order valence-electron chi connectivity index (χ3n) is 5.37. The summed E-state index contributed by atoms with van der Waals surface area (Å²) in [7, 11) is 2.90. The second-order valence-electron chi connectivity index (χ2n) is 7.15. The molecule has 0 saturated heterocycles. The first-order valence-electron chi connectivity index (χ1n) is 9.50. The molecule has 1 aliphatic carbocycles. The first-order chi connectivity index (χ1) is 14.0. The standard InChI is InChI=1S/C22H26N2O5/c1-27-17-11-15(12-18(28-2)20(17)29-13-19(23)25)21(26)24-14-22(9-6-10-22)16-7-4-3-5-8-16/h3-5,7-8,11-12H,6,9-10,13-14H2,1-2H3,(H2,23,25)(H,24,26). The highest BCUT2D eigenvalue weighted by Gasteiger charge is 2.38. The molecule has 0 spiro atoms. The van der Waals surface area contributed by atoms with Crippen LogP contribution in [0.3, 0.4) is 0 Å². The van der Waals surface area contributed by atoms with E-state index in [0.717, 1.165) is 19.3 Å². The van der Waals surface area contributed by atoms with Gasteiger partial charge in [0.15, 0.2) is 18.1 Å². The molecular weight excluding hydrogens is 372 g/mol. The molecule has 0 heterocycles. The fourth-order valence-electron chi connectivity index (χ4n) is 3.61. The van der Waals surface area contributed by atoms with Gasteiger partial charge in [-0.25, -0.2) is 0 Å². The third-order valence-corrected chi connectivity index (χ3v) is 5.37. The number of ether oxygens (including phenoxy) is 3. The topological polar surface area (TPSA) is 99.9 Å². The van der Waals surface area contributed by atoms with Gasteiger partial charge >= 0.3 is 0 Å². The van der Waals surface area contributed by atoms with Gasteiger partial charge in [-0.1, -0.05) is 36.8 Å². The van der Waals surface area contributed by atoms with Crippen LogP contribution in [0.1, 0.15) is 35.2 Å².